The monoisotopic (exact) mass is 486 g/mol. The van der Waals surface area contributed by atoms with Crippen molar-refractivity contribution >= 4 is 51.6 Å². The second kappa shape index (κ2) is 10.7. The van der Waals surface area contributed by atoms with Crippen LogP contribution < -0.4 is 15.5 Å². The molecule has 0 radical (unpaired) electrons. The van der Waals surface area contributed by atoms with Gasteiger partial charge in [0.25, 0.3) is 0 Å². The molecule has 4 rings (SSSR count). The zero-order valence-corrected chi connectivity index (χ0v) is 19.9. The summed E-state index contributed by atoms with van der Waals surface area (Å²) in [6.45, 7) is 4.07. The number of aromatic nitrogens is 3. The second-order valence-corrected chi connectivity index (χ2v) is 9.97. The van der Waals surface area contributed by atoms with Crippen LogP contribution in [0.4, 0.5) is 21.3 Å². The van der Waals surface area contributed by atoms with Crippen molar-refractivity contribution in [2.24, 2.45) is 0 Å². The van der Waals surface area contributed by atoms with Crippen molar-refractivity contribution in [2.75, 3.05) is 34.4 Å². The largest absolute Gasteiger partial charge is 0.476 e. The van der Waals surface area contributed by atoms with Gasteiger partial charge in [0.2, 0.25) is 0 Å². The topological polar surface area (TPSA) is 123 Å². The number of hydrogen-bond donors (Lipinski definition) is 4. The number of thioether (sulfide) groups is 1. The summed E-state index contributed by atoms with van der Waals surface area (Å²) in [7, 11) is 0. The van der Waals surface area contributed by atoms with Gasteiger partial charge >= 0.3 is 12.0 Å². The molecule has 0 bridgehead atoms. The summed E-state index contributed by atoms with van der Waals surface area (Å²) in [5.41, 5.74) is 3.03. The molecule has 33 heavy (non-hydrogen) atoms. The van der Waals surface area contributed by atoms with Crippen LogP contribution in [-0.4, -0.2) is 50.9 Å². The highest BCUT2D eigenvalue weighted by Gasteiger charge is 2.17. The number of amides is 2. The van der Waals surface area contributed by atoms with Gasteiger partial charge in [-0.05, 0) is 50.3 Å². The second-order valence-electron chi connectivity index (χ2n) is 7.77. The van der Waals surface area contributed by atoms with Crippen LogP contribution >= 0.6 is 23.1 Å². The van der Waals surface area contributed by atoms with Gasteiger partial charge in [-0.3, -0.25) is 5.32 Å². The van der Waals surface area contributed by atoms with E-state index >= 15 is 0 Å². The van der Waals surface area contributed by atoms with Crippen LogP contribution in [0.1, 0.15) is 40.2 Å². The minimum absolute atomic E-state index is 0.00445. The van der Waals surface area contributed by atoms with E-state index in [4.69, 9.17) is 5.11 Å². The Hall–Kier alpha value is -3.05. The number of urea groups is 1. The maximum absolute atomic E-state index is 12.6. The average molecular weight is 487 g/mol. The molecule has 0 unspecified atom stereocenters. The summed E-state index contributed by atoms with van der Waals surface area (Å²) in [6, 6.07) is 5.76. The number of thiazole rings is 1. The first-order valence-electron chi connectivity index (χ1n) is 10.8. The van der Waals surface area contributed by atoms with Crippen LogP contribution in [0.3, 0.4) is 0 Å². The van der Waals surface area contributed by atoms with Crippen molar-refractivity contribution in [2.45, 2.75) is 37.8 Å². The van der Waals surface area contributed by atoms with Crippen LogP contribution in [0, 0.1) is 6.92 Å². The first kappa shape index (κ1) is 23.1. The van der Waals surface area contributed by atoms with E-state index in [2.05, 4.69) is 43.5 Å². The van der Waals surface area contributed by atoms with Gasteiger partial charge in [-0.1, -0.05) is 17.8 Å². The molecule has 2 aromatic heterocycles. The fourth-order valence-electron chi connectivity index (χ4n) is 3.61. The number of benzene rings is 1. The molecular weight excluding hydrogens is 460 g/mol. The SMILES string of the molecule is Cc1ccc(NC(=O)Nc2ncc(CCSc3nc(C(=O)O)c[nH]3)s2)c(N2CCCCC2)c1. The van der Waals surface area contributed by atoms with Gasteiger partial charge in [-0.2, -0.15) is 0 Å². The highest BCUT2D eigenvalue weighted by Crippen LogP contribution is 2.30. The lowest BCUT2D eigenvalue weighted by atomic mass is 10.1. The Morgan fingerprint density at radius 3 is 2.82 bits per heavy atom. The quantitative estimate of drug-likeness (QED) is 0.336. The number of aromatic amines is 1. The summed E-state index contributed by atoms with van der Waals surface area (Å²) >= 11 is 2.86. The van der Waals surface area contributed by atoms with Gasteiger partial charge in [0.1, 0.15) is 0 Å². The Morgan fingerprint density at radius 2 is 2.06 bits per heavy atom. The molecule has 11 heteroatoms. The standard InChI is InChI=1S/C22H26N6O3S2/c1-14-5-6-16(18(11-14)28-8-3-2-4-9-28)25-20(31)27-22-23-12-15(33-22)7-10-32-21-24-13-17(26-21)19(29)30/h5-6,11-13H,2-4,7-10H2,1H3,(H,24,26)(H,29,30)(H2,23,25,27,31). The first-order chi connectivity index (χ1) is 16.0. The van der Waals surface area contributed by atoms with E-state index in [1.165, 1.54) is 48.6 Å². The van der Waals surface area contributed by atoms with Gasteiger partial charge in [-0.25, -0.2) is 19.6 Å². The Bertz CT molecular complexity index is 1120. The maximum atomic E-state index is 12.6. The predicted molar refractivity (Wildman–Crippen MR) is 132 cm³/mol. The van der Waals surface area contributed by atoms with Gasteiger partial charge in [0.05, 0.1) is 11.4 Å². The number of carboxylic acid groups (broad SMARTS) is 1. The number of imidazole rings is 1. The molecule has 2 amide bonds. The Morgan fingerprint density at radius 1 is 1.24 bits per heavy atom. The molecule has 1 aliphatic heterocycles. The lowest BCUT2D eigenvalue weighted by Gasteiger charge is -2.30. The number of aromatic carboxylic acids is 1. The number of anilines is 3. The molecule has 9 nitrogen and oxygen atoms in total. The van der Waals surface area contributed by atoms with E-state index in [1.54, 1.807) is 6.20 Å². The number of piperidine rings is 1. The van der Waals surface area contributed by atoms with Gasteiger partial charge in [-0.15, -0.1) is 11.3 Å². The van der Waals surface area contributed by atoms with E-state index in [0.717, 1.165) is 41.3 Å². The third-order valence-electron chi connectivity index (χ3n) is 5.23. The number of carbonyl (C=O) groups excluding carboxylic acids is 1. The number of nitrogens with one attached hydrogen (secondary N) is 3. The number of nitrogens with zero attached hydrogens (tertiary/aromatic N) is 3. The van der Waals surface area contributed by atoms with Crippen molar-refractivity contribution in [3.63, 3.8) is 0 Å². The molecule has 1 saturated heterocycles. The molecule has 4 N–H and O–H groups in total. The van der Waals surface area contributed by atoms with E-state index in [0.29, 0.717) is 16.0 Å². The summed E-state index contributed by atoms with van der Waals surface area (Å²) < 4.78 is 0. The molecule has 1 fully saturated rings. The van der Waals surface area contributed by atoms with Crippen LogP contribution in [0.2, 0.25) is 0 Å². The molecule has 0 spiro atoms. The minimum Gasteiger partial charge on any atom is -0.476 e. The Kier molecular flexibility index (Phi) is 7.50. The fourth-order valence-corrected chi connectivity index (χ4v) is 5.37. The number of carboxylic acids is 1. The zero-order valence-electron chi connectivity index (χ0n) is 18.3. The molecule has 3 heterocycles. The molecule has 0 aliphatic carbocycles. The van der Waals surface area contributed by atoms with E-state index in [9.17, 15) is 9.59 Å². The van der Waals surface area contributed by atoms with Crippen LogP contribution in [0.15, 0.2) is 35.7 Å². The van der Waals surface area contributed by atoms with Gasteiger partial charge in [0.15, 0.2) is 16.0 Å². The van der Waals surface area contributed by atoms with Crippen LogP contribution in [0.25, 0.3) is 0 Å². The fraction of sp³-hybridized carbons (Fsp3) is 0.364. The lowest BCUT2D eigenvalue weighted by Crippen LogP contribution is -2.31. The average Bonchev–Trinajstić information content (AvgIpc) is 3.45. The summed E-state index contributed by atoms with van der Waals surface area (Å²) in [4.78, 5) is 38.0. The zero-order chi connectivity index (χ0) is 23.2. The summed E-state index contributed by atoms with van der Waals surface area (Å²) in [5.74, 6) is -0.341. The van der Waals surface area contributed by atoms with E-state index in [1.807, 2.05) is 12.1 Å². The summed E-state index contributed by atoms with van der Waals surface area (Å²) in [6.07, 6.45) is 7.44. The van der Waals surface area contributed by atoms with Crippen LogP contribution in [0.5, 0.6) is 0 Å². The Labute approximate surface area is 200 Å². The maximum Gasteiger partial charge on any atom is 0.356 e. The number of H-pyrrole nitrogens is 1. The van der Waals surface area contributed by atoms with Crippen molar-refractivity contribution in [3.8, 4) is 0 Å². The molecule has 0 saturated carbocycles. The predicted octanol–water partition coefficient (Wildman–Crippen LogP) is 4.84. The van der Waals surface area contributed by atoms with E-state index in [-0.39, 0.29) is 11.7 Å². The van der Waals surface area contributed by atoms with Gasteiger partial charge < -0.3 is 20.3 Å². The molecule has 174 valence electrons. The number of rotatable bonds is 8. The highest BCUT2D eigenvalue weighted by molar-refractivity contribution is 7.99. The normalized spacial score (nSPS) is 13.7. The van der Waals surface area contributed by atoms with Gasteiger partial charge in [0, 0.05) is 36.1 Å². The van der Waals surface area contributed by atoms with Crippen molar-refractivity contribution < 1.29 is 14.7 Å². The molecular formula is C22H26N6O3S2. The molecule has 1 aliphatic rings. The third-order valence-corrected chi connectivity index (χ3v) is 7.10. The molecule has 3 aromatic rings. The lowest BCUT2D eigenvalue weighted by molar-refractivity contribution is 0.0690. The number of hydrogen-bond acceptors (Lipinski definition) is 7. The first-order valence-corrected chi connectivity index (χ1v) is 12.6. The van der Waals surface area contributed by atoms with Crippen molar-refractivity contribution in [1.82, 2.24) is 15.0 Å². The molecule has 1 aromatic carbocycles. The summed E-state index contributed by atoms with van der Waals surface area (Å²) in [5, 5.41) is 15.8. The third kappa shape index (κ3) is 6.26. The Balaban J connectivity index is 1.30. The van der Waals surface area contributed by atoms with Crippen molar-refractivity contribution in [3.05, 3.63) is 46.7 Å². The van der Waals surface area contributed by atoms with Crippen LogP contribution in [-0.2, 0) is 6.42 Å². The number of aryl methyl sites for hydroxylation is 2. The highest BCUT2D eigenvalue weighted by atomic mass is 32.2. The molecule has 0 atom stereocenters. The van der Waals surface area contributed by atoms with E-state index < -0.39 is 5.97 Å². The minimum atomic E-state index is -1.05. The smallest absolute Gasteiger partial charge is 0.356 e. The number of carbonyl (C=O) groups is 2. The van der Waals surface area contributed by atoms with Crippen molar-refractivity contribution in [1.29, 1.82) is 0 Å².